The summed E-state index contributed by atoms with van der Waals surface area (Å²) in [5.74, 6) is -0.289. The van der Waals surface area contributed by atoms with Gasteiger partial charge in [0.1, 0.15) is 5.75 Å². The Morgan fingerprint density at radius 3 is 2.67 bits per heavy atom. The van der Waals surface area contributed by atoms with Gasteiger partial charge in [0.2, 0.25) is 0 Å². The van der Waals surface area contributed by atoms with E-state index in [-0.39, 0.29) is 17.2 Å². The van der Waals surface area contributed by atoms with E-state index in [2.05, 4.69) is 33.3 Å². The predicted octanol–water partition coefficient (Wildman–Crippen LogP) is 1.05. The number of rotatable bonds is 2. The third kappa shape index (κ3) is 3.22. The average molecular weight is 314 g/mol. The molecule has 0 unspecified atom stereocenters. The lowest BCUT2D eigenvalue weighted by atomic mass is 10.2. The summed E-state index contributed by atoms with van der Waals surface area (Å²) in [5.41, 5.74) is 3.09. The molecule has 1 aliphatic rings. The maximum atomic E-state index is 12.0. The number of nitrogens with zero attached hydrogens (tertiary/aromatic N) is 2. The number of carbonyl (C=O) groups is 1. The minimum Gasteiger partial charge on any atom is -0.507 e. The summed E-state index contributed by atoms with van der Waals surface area (Å²) >= 11 is 3.29. The quantitative estimate of drug-likeness (QED) is 0.857. The van der Waals surface area contributed by atoms with E-state index in [9.17, 15) is 9.90 Å². The Morgan fingerprint density at radius 1 is 1.33 bits per heavy atom. The standard InChI is InChI=1S/C12H16BrN3O2/c1-15-4-6-16(7-5-15)14-12(18)10-8-9(13)2-3-11(10)17/h2-3,8,17H,4-7H2,1H3,(H,14,18). The molecule has 0 atom stereocenters. The van der Waals surface area contributed by atoms with Crippen molar-refractivity contribution in [3.63, 3.8) is 0 Å². The first-order valence-electron chi connectivity index (χ1n) is 5.79. The number of carbonyl (C=O) groups excluding carboxylic acids is 1. The van der Waals surface area contributed by atoms with Crippen LogP contribution in [-0.4, -0.2) is 54.1 Å². The zero-order valence-corrected chi connectivity index (χ0v) is 11.8. The summed E-state index contributed by atoms with van der Waals surface area (Å²) in [6.45, 7) is 3.42. The van der Waals surface area contributed by atoms with Crippen molar-refractivity contribution in [2.75, 3.05) is 33.2 Å². The molecule has 0 aromatic heterocycles. The van der Waals surface area contributed by atoms with E-state index in [4.69, 9.17) is 0 Å². The van der Waals surface area contributed by atoms with Crippen molar-refractivity contribution < 1.29 is 9.90 Å². The van der Waals surface area contributed by atoms with E-state index in [1.807, 2.05) is 5.01 Å². The van der Waals surface area contributed by atoms with Gasteiger partial charge in [0.05, 0.1) is 5.56 Å². The summed E-state index contributed by atoms with van der Waals surface area (Å²) < 4.78 is 0.767. The van der Waals surface area contributed by atoms with Gasteiger partial charge in [-0.1, -0.05) is 15.9 Å². The Kier molecular flexibility index (Phi) is 4.21. The summed E-state index contributed by atoms with van der Waals surface area (Å²) in [7, 11) is 2.05. The van der Waals surface area contributed by atoms with Crippen LogP contribution in [0.1, 0.15) is 10.4 Å². The first kappa shape index (κ1) is 13.3. The molecule has 98 valence electrons. The molecule has 1 aromatic carbocycles. The van der Waals surface area contributed by atoms with Gasteiger partial charge in [-0.25, -0.2) is 5.01 Å². The maximum absolute atomic E-state index is 12.0. The minimum atomic E-state index is -0.279. The van der Waals surface area contributed by atoms with Crippen LogP contribution in [-0.2, 0) is 0 Å². The van der Waals surface area contributed by atoms with E-state index in [1.54, 1.807) is 12.1 Å². The van der Waals surface area contributed by atoms with Crippen molar-refractivity contribution in [1.82, 2.24) is 15.3 Å². The van der Waals surface area contributed by atoms with E-state index < -0.39 is 0 Å². The fourth-order valence-corrected chi connectivity index (χ4v) is 2.17. The molecule has 0 spiro atoms. The van der Waals surface area contributed by atoms with Gasteiger partial charge in [-0.2, -0.15) is 0 Å². The lowest BCUT2D eigenvalue weighted by Gasteiger charge is -2.32. The molecule has 1 aromatic rings. The minimum absolute atomic E-state index is 0.00942. The van der Waals surface area contributed by atoms with Crippen LogP contribution in [0.4, 0.5) is 0 Å². The van der Waals surface area contributed by atoms with Crippen molar-refractivity contribution in [3.8, 4) is 5.75 Å². The summed E-state index contributed by atoms with van der Waals surface area (Å²) in [6.07, 6.45) is 0. The van der Waals surface area contributed by atoms with Gasteiger partial charge in [-0.05, 0) is 25.2 Å². The number of phenols is 1. The lowest BCUT2D eigenvalue weighted by Crippen LogP contribution is -2.52. The molecule has 1 amide bonds. The van der Waals surface area contributed by atoms with Crippen LogP contribution in [0, 0.1) is 0 Å². The molecule has 0 aliphatic carbocycles. The van der Waals surface area contributed by atoms with Crippen LogP contribution in [0.2, 0.25) is 0 Å². The molecule has 1 fully saturated rings. The zero-order valence-electron chi connectivity index (χ0n) is 10.2. The van der Waals surface area contributed by atoms with Crippen LogP contribution in [0.3, 0.4) is 0 Å². The second-order valence-corrected chi connectivity index (χ2v) is 5.31. The predicted molar refractivity (Wildman–Crippen MR) is 72.3 cm³/mol. The second-order valence-electron chi connectivity index (χ2n) is 4.39. The van der Waals surface area contributed by atoms with Gasteiger partial charge in [0.25, 0.3) is 5.91 Å². The van der Waals surface area contributed by atoms with Crippen LogP contribution in [0.15, 0.2) is 22.7 Å². The second kappa shape index (κ2) is 5.69. The largest absolute Gasteiger partial charge is 0.507 e. The van der Waals surface area contributed by atoms with Crippen LogP contribution >= 0.6 is 15.9 Å². The number of halogens is 1. The van der Waals surface area contributed by atoms with Crippen molar-refractivity contribution >= 4 is 21.8 Å². The van der Waals surface area contributed by atoms with Crippen molar-refractivity contribution in [3.05, 3.63) is 28.2 Å². The number of piperazine rings is 1. The number of hydrogen-bond acceptors (Lipinski definition) is 4. The fourth-order valence-electron chi connectivity index (χ4n) is 1.81. The normalized spacial score (nSPS) is 17.7. The van der Waals surface area contributed by atoms with Crippen molar-refractivity contribution in [2.24, 2.45) is 0 Å². The highest BCUT2D eigenvalue weighted by Gasteiger charge is 2.18. The Morgan fingerprint density at radius 2 is 2.00 bits per heavy atom. The highest BCUT2D eigenvalue weighted by molar-refractivity contribution is 9.10. The number of hydrazine groups is 1. The van der Waals surface area contributed by atoms with E-state index >= 15 is 0 Å². The number of likely N-dealkylation sites (N-methyl/N-ethyl adjacent to an activating group) is 1. The summed E-state index contributed by atoms with van der Waals surface area (Å²) in [4.78, 5) is 14.2. The first-order valence-corrected chi connectivity index (χ1v) is 6.58. The molecule has 2 rings (SSSR count). The molecule has 6 heteroatoms. The van der Waals surface area contributed by atoms with Gasteiger partial charge in [-0.15, -0.1) is 0 Å². The number of nitrogens with one attached hydrogen (secondary N) is 1. The number of amides is 1. The summed E-state index contributed by atoms with van der Waals surface area (Å²) in [6, 6.07) is 4.81. The van der Waals surface area contributed by atoms with Gasteiger partial charge >= 0.3 is 0 Å². The zero-order chi connectivity index (χ0) is 13.1. The van der Waals surface area contributed by atoms with E-state index in [0.717, 1.165) is 30.7 Å². The Balaban J connectivity index is 2.01. The molecule has 18 heavy (non-hydrogen) atoms. The number of hydrogen-bond donors (Lipinski definition) is 2. The Bertz CT molecular complexity index is 445. The van der Waals surface area contributed by atoms with Crippen molar-refractivity contribution in [2.45, 2.75) is 0 Å². The fraction of sp³-hybridized carbons (Fsp3) is 0.417. The summed E-state index contributed by atoms with van der Waals surface area (Å²) in [5, 5.41) is 11.5. The molecule has 0 bridgehead atoms. The molecule has 1 saturated heterocycles. The SMILES string of the molecule is CN1CCN(NC(=O)c2cc(Br)ccc2O)CC1. The molecule has 2 N–H and O–H groups in total. The van der Waals surface area contributed by atoms with Gasteiger partial charge in [-0.3, -0.25) is 10.2 Å². The molecule has 0 radical (unpaired) electrons. The average Bonchev–Trinajstić information content (AvgIpc) is 2.35. The monoisotopic (exact) mass is 313 g/mol. The van der Waals surface area contributed by atoms with Crippen LogP contribution in [0.25, 0.3) is 0 Å². The maximum Gasteiger partial charge on any atom is 0.269 e. The molecular formula is C12H16BrN3O2. The Hall–Kier alpha value is -1.11. The van der Waals surface area contributed by atoms with Gasteiger partial charge < -0.3 is 10.0 Å². The van der Waals surface area contributed by atoms with E-state index in [0.29, 0.717) is 0 Å². The third-order valence-electron chi connectivity index (χ3n) is 2.97. The lowest BCUT2D eigenvalue weighted by molar-refractivity contribution is 0.0660. The van der Waals surface area contributed by atoms with E-state index in [1.165, 1.54) is 6.07 Å². The number of aromatic hydroxyl groups is 1. The first-order chi connectivity index (χ1) is 8.56. The third-order valence-corrected chi connectivity index (χ3v) is 3.46. The Labute approximate surface area is 114 Å². The highest BCUT2D eigenvalue weighted by Crippen LogP contribution is 2.21. The smallest absolute Gasteiger partial charge is 0.269 e. The number of benzene rings is 1. The topological polar surface area (TPSA) is 55.8 Å². The molecule has 1 aliphatic heterocycles. The van der Waals surface area contributed by atoms with Gasteiger partial charge in [0, 0.05) is 30.7 Å². The van der Waals surface area contributed by atoms with Crippen LogP contribution in [0.5, 0.6) is 5.75 Å². The van der Waals surface area contributed by atoms with Crippen molar-refractivity contribution in [1.29, 1.82) is 0 Å². The van der Waals surface area contributed by atoms with Crippen LogP contribution < -0.4 is 5.43 Å². The van der Waals surface area contributed by atoms with Gasteiger partial charge in [0.15, 0.2) is 0 Å². The number of phenolic OH excluding ortho intramolecular Hbond substituents is 1. The molecule has 0 saturated carbocycles. The molecular weight excluding hydrogens is 298 g/mol. The highest BCUT2D eigenvalue weighted by atomic mass is 79.9. The molecule has 1 heterocycles. The molecule has 5 nitrogen and oxygen atoms in total.